The molecule has 4 heteroatoms. The van der Waals surface area contributed by atoms with Gasteiger partial charge < -0.3 is 14.7 Å². The van der Waals surface area contributed by atoms with Crippen LogP contribution in [0.3, 0.4) is 0 Å². The molecule has 0 aromatic heterocycles. The van der Waals surface area contributed by atoms with Crippen molar-refractivity contribution in [3.63, 3.8) is 0 Å². The molecule has 0 bridgehead atoms. The minimum absolute atomic E-state index is 0.277. The molecule has 0 radical (unpaired) electrons. The summed E-state index contributed by atoms with van der Waals surface area (Å²) in [5, 5.41) is 9.64. The summed E-state index contributed by atoms with van der Waals surface area (Å²) in [6.07, 6.45) is -0.659. The van der Waals surface area contributed by atoms with Crippen molar-refractivity contribution < 1.29 is 14.2 Å². The van der Waals surface area contributed by atoms with Crippen molar-refractivity contribution in [2.24, 2.45) is 0 Å². The zero-order valence-corrected chi connectivity index (χ0v) is 9.32. The molecule has 16 heavy (non-hydrogen) atoms. The molecule has 88 valence electrons. The van der Waals surface area contributed by atoms with Gasteiger partial charge in [0.2, 0.25) is 0 Å². The summed E-state index contributed by atoms with van der Waals surface area (Å²) in [7, 11) is 0. The van der Waals surface area contributed by atoms with Crippen molar-refractivity contribution in [2.75, 3.05) is 31.2 Å². The van der Waals surface area contributed by atoms with Gasteiger partial charge in [0.25, 0.3) is 0 Å². The van der Waals surface area contributed by atoms with Crippen LogP contribution >= 0.6 is 0 Å². The number of anilines is 1. The number of halogens is 1. The number of hydrogen-bond donors (Lipinski definition) is 1. The fraction of sp³-hybridized carbons (Fsp3) is 0.500. The number of rotatable bonds is 2. The van der Waals surface area contributed by atoms with Crippen molar-refractivity contribution in [3.8, 4) is 0 Å². The average Bonchev–Trinajstić information content (AvgIpc) is 2.29. The molecule has 0 aliphatic carbocycles. The molecule has 0 amide bonds. The normalized spacial score (nSPS) is 18.6. The maximum atomic E-state index is 13.8. The second-order valence-electron chi connectivity index (χ2n) is 3.95. The summed E-state index contributed by atoms with van der Waals surface area (Å²) >= 11 is 0. The van der Waals surface area contributed by atoms with E-state index in [-0.39, 0.29) is 5.82 Å². The van der Waals surface area contributed by atoms with Gasteiger partial charge in [0.15, 0.2) is 0 Å². The van der Waals surface area contributed by atoms with Crippen LogP contribution in [0, 0.1) is 5.82 Å². The number of aliphatic hydroxyl groups is 1. The Hall–Kier alpha value is -1.13. The van der Waals surface area contributed by atoms with Crippen LogP contribution in [0.5, 0.6) is 0 Å². The summed E-state index contributed by atoms with van der Waals surface area (Å²) in [6, 6.07) is 4.82. The van der Waals surface area contributed by atoms with Crippen LogP contribution in [0.25, 0.3) is 0 Å². The minimum atomic E-state index is -0.659. The number of hydrogen-bond acceptors (Lipinski definition) is 3. The summed E-state index contributed by atoms with van der Waals surface area (Å²) < 4.78 is 19.0. The Balaban J connectivity index is 2.36. The standard InChI is InChI=1S/C12H16FNO2/c1-9(15)10-3-2-4-11(13)12(10)14-5-7-16-8-6-14/h2-4,9,15H,5-8H2,1H3/t9-/m0/s1. The number of aliphatic hydroxyl groups excluding tert-OH is 1. The van der Waals surface area contributed by atoms with Gasteiger partial charge in [-0.1, -0.05) is 12.1 Å². The van der Waals surface area contributed by atoms with Crippen LogP contribution in [-0.4, -0.2) is 31.4 Å². The maximum Gasteiger partial charge on any atom is 0.146 e. The first-order valence-electron chi connectivity index (χ1n) is 5.49. The zero-order chi connectivity index (χ0) is 11.5. The van der Waals surface area contributed by atoms with Crippen LogP contribution < -0.4 is 4.90 Å². The molecule has 1 N–H and O–H groups in total. The van der Waals surface area contributed by atoms with Crippen LogP contribution in [0.2, 0.25) is 0 Å². The quantitative estimate of drug-likeness (QED) is 0.831. The third-order valence-corrected chi connectivity index (χ3v) is 2.80. The van der Waals surface area contributed by atoms with Crippen molar-refractivity contribution >= 4 is 5.69 Å². The lowest BCUT2D eigenvalue weighted by atomic mass is 10.1. The van der Waals surface area contributed by atoms with Gasteiger partial charge in [-0.05, 0) is 13.0 Å². The number of ether oxygens (including phenoxy) is 1. The SMILES string of the molecule is C[C@H](O)c1cccc(F)c1N1CCOCC1. The Labute approximate surface area is 94.4 Å². The van der Waals surface area contributed by atoms with Gasteiger partial charge in [-0.25, -0.2) is 4.39 Å². The van der Waals surface area contributed by atoms with Gasteiger partial charge in [0, 0.05) is 18.7 Å². The molecule has 1 heterocycles. The highest BCUT2D eigenvalue weighted by molar-refractivity contribution is 5.56. The lowest BCUT2D eigenvalue weighted by Gasteiger charge is -2.31. The van der Waals surface area contributed by atoms with Crippen LogP contribution in [0.1, 0.15) is 18.6 Å². The highest BCUT2D eigenvalue weighted by atomic mass is 19.1. The van der Waals surface area contributed by atoms with E-state index in [1.807, 2.05) is 4.90 Å². The van der Waals surface area contributed by atoms with Gasteiger partial charge in [0.1, 0.15) is 5.82 Å². The lowest BCUT2D eigenvalue weighted by Crippen LogP contribution is -2.37. The largest absolute Gasteiger partial charge is 0.389 e. The van der Waals surface area contributed by atoms with E-state index in [2.05, 4.69) is 0 Å². The summed E-state index contributed by atoms with van der Waals surface area (Å²) in [6.45, 7) is 4.20. The van der Waals surface area contributed by atoms with E-state index in [1.165, 1.54) is 6.07 Å². The molecule has 1 aromatic rings. The third-order valence-electron chi connectivity index (χ3n) is 2.80. The van der Waals surface area contributed by atoms with Gasteiger partial charge in [0.05, 0.1) is 25.0 Å². The van der Waals surface area contributed by atoms with Crippen molar-refractivity contribution in [2.45, 2.75) is 13.0 Å². The molecule has 0 saturated carbocycles. The number of morpholine rings is 1. The van der Waals surface area contributed by atoms with Gasteiger partial charge in [-0.15, -0.1) is 0 Å². The van der Waals surface area contributed by atoms with Crippen molar-refractivity contribution in [1.82, 2.24) is 0 Å². The van der Waals surface area contributed by atoms with E-state index < -0.39 is 6.10 Å². The smallest absolute Gasteiger partial charge is 0.146 e. The second-order valence-corrected chi connectivity index (χ2v) is 3.95. The first-order valence-corrected chi connectivity index (χ1v) is 5.49. The third kappa shape index (κ3) is 2.18. The topological polar surface area (TPSA) is 32.7 Å². The second kappa shape index (κ2) is 4.80. The summed E-state index contributed by atoms with van der Waals surface area (Å²) in [5.41, 5.74) is 1.16. The van der Waals surface area contributed by atoms with Crippen LogP contribution in [0.15, 0.2) is 18.2 Å². The maximum absolute atomic E-state index is 13.8. The predicted octanol–water partition coefficient (Wildman–Crippen LogP) is 1.72. The van der Waals surface area contributed by atoms with Crippen LogP contribution in [0.4, 0.5) is 10.1 Å². The zero-order valence-electron chi connectivity index (χ0n) is 9.32. The molecular formula is C12H16FNO2. The number of benzene rings is 1. The number of nitrogens with zero attached hydrogens (tertiary/aromatic N) is 1. The minimum Gasteiger partial charge on any atom is -0.389 e. The molecule has 1 aliphatic rings. The van der Waals surface area contributed by atoms with E-state index in [9.17, 15) is 9.50 Å². The monoisotopic (exact) mass is 225 g/mol. The molecule has 1 atom stereocenters. The molecule has 1 fully saturated rings. The molecule has 2 rings (SSSR count). The first-order chi connectivity index (χ1) is 7.70. The van der Waals surface area contributed by atoms with Crippen molar-refractivity contribution in [3.05, 3.63) is 29.6 Å². The summed E-state index contributed by atoms with van der Waals surface area (Å²) in [5.74, 6) is -0.277. The molecular weight excluding hydrogens is 209 g/mol. The molecule has 1 saturated heterocycles. The summed E-state index contributed by atoms with van der Waals surface area (Å²) in [4.78, 5) is 1.93. The highest BCUT2D eigenvalue weighted by Crippen LogP contribution is 2.29. The van der Waals surface area contributed by atoms with Gasteiger partial charge in [-0.2, -0.15) is 0 Å². The highest BCUT2D eigenvalue weighted by Gasteiger charge is 2.20. The fourth-order valence-electron chi connectivity index (χ4n) is 1.99. The molecule has 3 nitrogen and oxygen atoms in total. The van der Waals surface area contributed by atoms with Crippen LogP contribution in [-0.2, 0) is 4.74 Å². The van der Waals surface area contributed by atoms with E-state index in [0.29, 0.717) is 37.6 Å². The van der Waals surface area contributed by atoms with Gasteiger partial charge in [-0.3, -0.25) is 0 Å². The predicted molar refractivity (Wildman–Crippen MR) is 60.1 cm³/mol. The molecule has 1 aliphatic heterocycles. The van der Waals surface area contributed by atoms with E-state index in [0.717, 1.165) is 0 Å². The Morgan fingerprint density at radius 2 is 2.06 bits per heavy atom. The molecule has 0 spiro atoms. The van der Waals surface area contributed by atoms with E-state index in [4.69, 9.17) is 4.74 Å². The fourth-order valence-corrected chi connectivity index (χ4v) is 1.99. The Kier molecular flexibility index (Phi) is 3.41. The Bertz CT molecular complexity index is 362. The first kappa shape index (κ1) is 11.4. The number of para-hydroxylation sites is 1. The molecule has 1 aromatic carbocycles. The molecule has 0 unspecified atom stereocenters. The Morgan fingerprint density at radius 1 is 1.38 bits per heavy atom. The lowest BCUT2D eigenvalue weighted by molar-refractivity contribution is 0.122. The van der Waals surface area contributed by atoms with Gasteiger partial charge >= 0.3 is 0 Å². The van der Waals surface area contributed by atoms with E-state index >= 15 is 0 Å². The average molecular weight is 225 g/mol. The van der Waals surface area contributed by atoms with E-state index in [1.54, 1.807) is 19.1 Å². The van der Waals surface area contributed by atoms with Crippen molar-refractivity contribution in [1.29, 1.82) is 0 Å². The Morgan fingerprint density at radius 3 is 2.69 bits per heavy atom.